The van der Waals surface area contributed by atoms with E-state index in [0.717, 1.165) is 61.3 Å². The van der Waals surface area contributed by atoms with Crippen molar-refractivity contribution in [3.63, 3.8) is 0 Å². The van der Waals surface area contributed by atoms with Crippen LogP contribution >= 0.6 is 0 Å². The summed E-state index contributed by atoms with van der Waals surface area (Å²) in [6.45, 7) is 10.2. The highest BCUT2D eigenvalue weighted by Gasteiger charge is 2.45. The van der Waals surface area contributed by atoms with E-state index >= 15 is 0 Å². The van der Waals surface area contributed by atoms with Crippen molar-refractivity contribution in [3.8, 4) is 11.5 Å². The molecule has 2 unspecified atom stereocenters. The molecule has 0 radical (unpaired) electrons. The summed E-state index contributed by atoms with van der Waals surface area (Å²) >= 11 is 0. The zero-order valence-corrected chi connectivity index (χ0v) is 22.3. The van der Waals surface area contributed by atoms with Gasteiger partial charge in [0.15, 0.2) is 0 Å². The number of rotatable bonds is 8. The lowest BCUT2D eigenvalue weighted by atomic mass is 9.80. The molecule has 2 aliphatic rings. The van der Waals surface area contributed by atoms with Gasteiger partial charge in [0.05, 0.1) is 37.2 Å². The van der Waals surface area contributed by atoms with Crippen molar-refractivity contribution >= 4 is 5.91 Å². The second-order valence-electron chi connectivity index (χ2n) is 10.3. The topological polar surface area (TPSA) is 70.1 Å². The number of amides is 1. The summed E-state index contributed by atoms with van der Waals surface area (Å²) in [6.07, 6.45) is 7.87. The number of benzene rings is 1. The number of carbonyl (C=O) groups is 1. The number of pyridine rings is 1. The molecular weight excluding hydrogens is 456 g/mol. The van der Waals surface area contributed by atoms with Crippen LogP contribution < -0.4 is 9.47 Å². The molecule has 0 N–H and O–H groups in total. The number of aromatic nitrogens is 1. The fraction of sp³-hybridized carbons (Fsp3) is 0.586. The van der Waals surface area contributed by atoms with Crippen LogP contribution in [-0.4, -0.2) is 60.4 Å². The van der Waals surface area contributed by atoms with Gasteiger partial charge in [-0.05, 0) is 69.9 Å². The standard InChI is InChI=1S/C29H40N2O5/c1-6-13-34-24-16-27(23-15-25(33-5)19-30-18-23)36-29(17-24)9-11-31(12-10-29)28(32)22-7-8-26(21(4)14-22)35-20(2)3/h7-8,14-15,18-20,24,27H,6,9-13,16-17H2,1-5H3. The first-order chi connectivity index (χ1) is 17.3. The lowest BCUT2D eigenvalue weighted by Gasteiger charge is -2.48. The monoisotopic (exact) mass is 496 g/mol. The minimum Gasteiger partial charge on any atom is -0.495 e. The Balaban J connectivity index is 1.46. The molecule has 196 valence electrons. The zero-order valence-electron chi connectivity index (χ0n) is 22.3. The van der Waals surface area contributed by atoms with Crippen LogP contribution in [0.15, 0.2) is 36.7 Å². The molecule has 0 saturated carbocycles. The van der Waals surface area contributed by atoms with Crippen LogP contribution in [0.3, 0.4) is 0 Å². The van der Waals surface area contributed by atoms with Crippen molar-refractivity contribution in [1.29, 1.82) is 0 Å². The molecular formula is C29H40N2O5. The maximum Gasteiger partial charge on any atom is 0.253 e. The van der Waals surface area contributed by atoms with Crippen molar-refractivity contribution < 1.29 is 23.7 Å². The first kappa shape index (κ1) is 26.4. The number of nitrogens with zero attached hydrogens (tertiary/aromatic N) is 2. The number of aryl methyl sites for hydroxylation is 1. The molecule has 1 aromatic carbocycles. The van der Waals surface area contributed by atoms with E-state index < -0.39 is 0 Å². The third-order valence-electron chi connectivity index (χ3n) is 7.11. The molecule has 0 bridgehead atoms. The van der Waals surface area contributed by atoms with Crippen molar-refractivity contribution in [3.05, 3.63) is 53.3 Å². The number of ether oxygens (including phenoxy) is 4. The highest BCUT2D eigenvalue weighted by Crippen LogP contribution is 2.44. The largest absolute Gasteiger partial charge is 0.495 e. The maximum atomic E-state index is 13.3. The average Bonchev–Trinajstić information content (AvgIpc) is 2.88. The summed E-state index contributed by atoms with van der Waals surface area (Å²) in [4.78, 5) is 19.6. The summed E-state index contributed by atoms with van der Waals surface area (Å²) in [5.41, 5.74) is 2.38. The molecule has 1 aromatic heterocycles. The molecule has 2 saturated heterocycles. The van der Waals surface area contributed by atoms with E-state index in [2.05, 4.69) is 11.9 Å². The number of carbonyl (C=O) groups excluding carboxylic acids is 1. The smallest absolute Gasteiger partial charge is 0.253 e. The summed E-state index contributed by atoms with van der Waals surface area (Å²) in [6, 6.07) is 7.71. The summed E-state index contributed by atoms with van der Waals surface area (Å²) in [7, 11) is 1.65. The molecule has 2 fully saturated rings. The number of likely N-dealkylation sites (tertiary alicyclic amines) is 1. The van der Waals surface area contributed by atoms with E-state index in [9.17, 15) is 4.79 Å². The Morgan fingerprint density at radius 1 is 1.22 bits per heavy atom. The third-order valence-corrected chi connectivity index (χ3v) is 7.11. The number of methoxy groups -OCH3 is 1. The van der Waals surface area contributed by atoms with E-state index in [0.29, 0.717) is 18.7 Å². The highest BCUT2D eigenvalue weighted by atomic mass is 16.5. The SMILES string of the molecule is CCCOC1CC(c2cncc(OC)c2)OC2(CCN(C(=O)c3ccc(OC(C)C)c(C)c3)CC2)C1. The van der Waals surface area contributed by atoms with Gasteiger partial charge in [0, 0.05) is 49.9 Å². The summed E-state index contributed by atoms with van der Waals surface area (Å²) in [5.74, 6) is 1.61. The van der Waals surface area contributed by atoms with E-state index in [1.54, 1.807) is 13.3 Å². The Morgan fingerprint density at radius 3 is 2.67 bits per heavy atom. The highest BCUT2D eigenvalue weighted by molar-refractivity contribution is 5.94. The van der Waals surface area contributed by atoms with Crippen molar-refractivity contribution in [2.24, 2.45) is 0 Å². The van der Waals surface area contributed by atoms with E-state index in [1.807, 2.05) is 56.1 Å². The Hall–Kier alpha value is -2.64. The predicted molar refractivity (Wildman–Crippen MR) is 139 cm³/mol. The third kappa shape index (κ3) is 6.19. The van der Waals surface area contributed by atoms with Crippen molar-refractivity contribution in [2.45, 2.75) is 83.7 Å². The van der Waals surface area contributed by atoms with Gasteiger partial charge in [0.2, 0.25) is 0 Å². The molecule has 2 aromatic rings. The predicted octanol–water partition coefficient (Wildman–Crippen LogP) is 5.51. The molecule has 1 spiro atoms. The van der Waals surface area contributed by atoms with Crippen LogP contribution in [0.4, 0.5) is 0 Å². The number of hydrogen-bond donors (Lipinski definition) is 0. The van der Waals surface area contributed by atoms with E-state index in [-0.39, 0.29) is 29.8 Å². The fourth-order valence-electron chi connectivity index (χ4n) is 5.26. The second kappa shape index (κ2) is 11.6. The summed E-state index contributed by atoms with van der Waals surface area (Å²) in [5, 5.41) is 0. The Labute approximate surface area is 215 Å². The lowest BCUT2D eigenvalue weighted by molar-refractivity contribution is -0.191. The van der Waals surface area contributed by atoms with Gasteiger partial charge in [-0.25, -0.2) is 0 Å². The molecule has 7 heteroatoms. The quantitative estimate of drug-likeness (QED) is 0.480. The Kier molecular flexibility index (Phi) is 8.52. The summed E-state index contributed by atoms with van der Waals surface area (Å²) < 4.78 is 24.2. The van der Waals surface area contributed by atoms with Gasteiger partial charge in [-0.2, -0.15) is 0 Å². The first-order valence-electron chi connectivity index (χ1n) is 13.2. The van der Waals surface area contributed by atoms with Gasteiger partial charge in [-0.15, -0.1) is 0 Å². The van der Waals surface area contributed by atoms with Crippen molar-refractivity contribution in [1.82, 2.24) is 9.88 Å². The van der Waals surface area contributed by atoms with Gasteiger partial charge in [-0.1, -0.05) is 6.92 Å². The molecule has 3 heterocycles. The Morgan fingerprint density at radius 2 is 2.00 bits per heavy atom. The molecule has 1 amide bonds. The molecule has 36 heavy (non-hydrogen) atoms. The first-order valence-corrected chi connectivity index (χ1v) is 13.2. The normalized spacial score (nSPS) is 21.6. The van der Waals surface area contributed by atoms with Crippen LogP contribution in [0.2, 0.25) is 0 Å². The van der Waals surface area contributed by atoms with Crippen molar-refractivity contribution in [2.75, 3.05) is 26.8 Å². The van der Waals surface area contributed by atoms with Crippen LogP contribution in [0, 0.1) is 6.92 Å². The lowest BCUT2D eigenvalue weighted by Crippen LogP contribution is -2.52. The molecule has 2 aliphatic heterocycles. The minimum atomic E-state index is -0.313. The average molecular weight is 497 g/mol. The van der Waals surface area contributed by atoms with Crippen LogP contribution in [0.1, 0.15) is 80.5 Å². The molecule has 4 rings (SSSR count). The maximum absolute atomic E-state index is 13.3. The minimum absolute atomic E-state index is 0.0622. The van der Waals surface area contributed by atoms with E-state index in [4.69, 9.17) is 18.9 Å². The van der Waals surface area contributed by atoms with Gasteiger partial charge < -0.3 is 23.8 Å². The number of hydrogen-bond acceptors (Lipinski definition) is 6. The second-order valence-corrected chi connectivity index (χ2v) is 10.3. The molecule has 0 aliphatic carbocycles. The van der Waals surface area contributed by atoms with Gasteiger partial charge in [0.25, 0.3) is 5.91 Å². The van der Waals surface area contributed by atoms with Gasteiger partial charge >= 0.3 is 0 Å². The number of piperidine rings is 1. The molecule has 2 atom stereocenters. The molecule has 7 nitrogen and oxygen atoms in total. The fourth-order valence-corrected chi connectivity index (χ4v) is 5.26. The van der Waals surface area contributed by atoms with Crippen LogP contribution in [-0.2, 0) is 9.47 Å². The Bertz CT molecular complexity index is 1030. The van der Waals surface area contributed by atoms with Crippen LogP contribution in [0.25, 0.3) is 0 Å². The van der Waals surface area contributed by atoms with Crippen LogP contribution in [0.5, 0.6) is 11.5 Å². The zero-order chi connectivity index (χ0) is 25.7. The van der Waals surface area contributed by atoms with Gasteiger partial charge in [-0.3, -0.25) is 9.78 Å². The van der Waals surface area contributed by atoms with Gasteiger partial charge in [0.1, 0.15) is 11.5 Å². The van der Waals surface area contributed by atoms with E-state index in [1.165, 1.54) is 0 Å².